The van der Waals surface area contributed by atoms with Gasteiger partial charge in [-0.25, -0.2) is 12.8 Å². The number of ether oxygens (including phenoxy) is 3. The van der Waals surface area contributed by atoms with Crippen molar-refractivity contribution in [3.63, 3.8) is 0 Å². The molecule has 0 heterocycles. The fraction of sp³-hybridized carbons (Fsp3) is 0.174. The van der Waals surface area contributed by atoms with Crippen LogP contribution in [0.3, 0.4) is 0 Å². The third kappa shape index (κ3) is 5.53. The van der Waals surface area contributed by atoms with E-state index in [0.29, 0.717) is 11.5 Å². The van der Waals surface area contributed by atoms with E-state index in [0.717, 1.165) is 6.07 Å². The van der Waals surface area contributed by atoms with Gasteiger partial charge in [-0.3, -0.25) is 9.52 Å². The van der Waals surface area contributed by atoms with Crippen molar-refractivity contribution in [1.29, 1.82) is 0 Å². The standard InChI is InChI=1S/C23H23FN2O6S/c1-4-32-22-12-10-16(14-19(22)25-23(27)17-7-5-6-8-18(17)24)33(28,29)26-20-13-15(30-2)9-11-21(20)31-3/h5-14,26H,4H2,1-3H3,(H,25,27). The normalized spacial score (nSPS) is 10.9. The number of hydrogen-bond acceptors (Lipinski definition) is 6. The SMILES string of the molecule is CCOc1ccc(S(=O)(=O)Nc2cc(OC)ccc2OC)cc1NC(=O)c1ccccc1F. The topological polar surface area (TPSA) is 103 Å². The summed E-state index contributed by atoms with van der Waals surface area (Å²) in [5.74, 6) is -0.494. The van der Waals surface area contributed by atoms with E-state index < -0.39 is 21.7 Å². The van der Waals surface area contributed by atoms with E-state index in [1.807, 2.05) is 0 Å². The summed E-state index contributed by atoms with van der Waals surface area (Å²) in [5, 5.41) is 2.53. The van der Waals surface area contributed by atoms with Crippen molar-refractivity contribution in [1.82, 2.24) is 0 Å². The van der Waals surface area contributed by atoms with Crippen LogP contribution in [0.2, 0.25) is 0 Å². The fourth-order valence-electron chi connectivity index (χ4n) is 2.99. The van der Waals surface area contributed by atoms with Gasteiger partial charge in [-0.05, 0) is 49.4 Å². The fourth-order valence-corrected chi connectivity index (χ4v) is 4.07. The third-order valence-electron chi connectivity index (χ3n) is 4.58. The first-order chi connectivity index (χ1) is 15.8. The van der Waals surface area contributed by atoms with Gasteiger partial charge in [0.05, 0.1) is 42.7 Å². The van der Waals surface area contributed by atoms with Crippen LogP contribution in [0.5, 0.6) is 17.2 Å². The predicted octanol–water partition coefficient (Wildman–Crippen LogP) is 4.29. The van der Waals surface area contributed by atoms with Crippen LogP contribution >= 0.6 is 0 Å². The Kier molecular flexibility index (Phi) is 7.39. The Labute approximate surface area is 191 Å². The highest BCUT2D eigenvalue weighted by molar-refractivity contribution is 7.92. The first kappa shape index (κ1) is 23.9. The number of carbonyl (C=O) groups is 1. The Morgan fingerprint density at radius 3 is 2.33 bits per heavy atom. The largest absolute Gasteiger partial charge is 0.497 e. The molecule has 0 aromatic heterocycles. The molecule has 0 bridgehead atoms. The Hall–Kier alpha value is -3.79. The highest BCUT2D eigenvalue weighted by atomic mass is 32.2. The lowest BCUT2D eigenvalue weighted by Crippen LogP contribution is -2.17. The number of rotatable bonds is 9. The molecule has 174 valence electrons. The number of hydrogen-bond donors (Lipinski definition) is 2. The lowest BCUT2D eigenvalue weighted by molar-refractivity contribution is 0.102. The molecule has 2 N–H and O–H groups in total. The molecule has 0 saturated carbocycles. The van der Waals surface area contributed by atoms with Crippen LogP contribution in [0, 0.1) is 5.82 Å². The van der Waals surface area contributed by atoms with E-state index >= 15 is 0 Å². The smallest absolute Gasteiger partial charge is 0.262 e. The van der Waals surface area contributed by atoms with Gasteiger partial charge >= 0.3 is 0 Å². The molecule has 3 aromatic rings. The molecular weight excluding hydrogens is 451 g/mol. The molecule has 0 atom stereocenters. The minimum Gasteiger partial charge on any atom is -0.497 e. The number of halogens is 1. The van der Waals surface area contributed by atoms with E-state index in [1.54, 1.807) is 19.1 Å². The van der Waals surface area contributed by atoms with Gasteiger partial charge in [0.1, 0.15) is 23.1 Å². The first-order valence-electron chi connectivity index (χ1n) is 9.86. The van der Waals surface area contributed by atoms with Gasteiger partial charge in [0.25, 0.3) is 15.9 Å². The van der Waals surface area contributed by atoms with E-state index in [2.05, 4.69) is 10.0 Å². The van der Waals surface area contributed by atoms with Gasteiger partial charge in [0.2, 0.25) is 0 Å². The lowest BCUT2D eigenvalue weighted by Gasteiger charge is -2.16. The summed E-state index contributed by atoms with van der Waals surface area (Å²) in [6.07, 6.45) is 0. The quantitative estimate of drug-likeness (QED) is 0.480. The number of sulfonamides is 1. The monoisotopic (exact) mass is 474 g/mol. The van der Waals surface area contributed by atoms with Crippen LogP contribution in [0.1, 0.15) is 17.3 Å². The first-order valence-corrected chi connectivity index (χ1v) is 11.3. The van der Waals surface area contributed by atoms with Gasteiger partial charge in [0.15, 0.2) is 0 Å². The van der Waals surface area contributed by atoms with Crippen LogP contribution < -0.4 is 24.2 Å². The van der Waals surface area contributed by atoms with Crippen molar-refractivity contribution in [2.75, 3.05) is 30.9 Å². The zero-order valence-electron chi connectivity index (χ0n) is 18.2. The molecule has 10 heteroatoms. The molecule has 0 aliphatic rings. The lowest BCUT2D eigenvalue weighted by atomic mass is 10.2. The Balaban J connectivity index is 1.97. The Morgan fingerprint density at radius 1 is 0.939 bits per heavy atom. The zero-order chi connectivity index (χ0) is 24.0. The summed E-state index contributed by atoms with van der Waals surface area (Å²) >= 11 is 0. The van der Waals surface area contributed by atoms with Crippen LogP contribution in [0.25, 0.3) is 0 Å². The van der Waals surface area contributed by atoms with Gasteiger partial charge < -0.3 is 19.5 Å². The number of carbonyl (C=O) groups excluding carboxylic acids is 1. The molecule has 0 spiro atoms. The predicted molar refractivity (Wildman–Crippen MR) is 122 cm³/mol. The van der Waals surface area contributed by atoms with Crippen LogP contribution in [-0.2, 0) is 10.0 Å². The highest BCUT2D eigenvalue weighted by Gasteiger charge is 2.21. The molecule has 0 radical (unpaired) electrons. The van der Waals surface area contributed by atoms with Gasteiger partial charge in [-0.2, -0.15) is 0 Å². The minimum atomic E-state index is -4.10. The maximum Gasteiger partial charge on any atom is 0.262 e. The summed E-state index contributed by atoms with van der Waals surface area (Å²) in [6.45, 7) is 2.01. The summed E-state index contributed by atoms with van der Waals surface area (Å²) in [6, 6.07) is 14.1. The van der Waals surface area contributed by atoms with Gasteiger partial charge in [-0.1, -0.05) is 12.1 Å². The molecule has 33 heavy (non-hydrogen) atoms. The van der Waals surface area contributed by atoms with Crippen molar-refractivity contribution >= 4 is 27.3 Å². The van der Waals surface area contributed by atoms with Crippen molar-refractivity contribution in [2.24, 2.45) is 0 Å². The molecule has 8 nitrogen and oxygen atoms in total. The maximum atomic E-state index is 14.0. The summed E-state index contributed by atoms with van der Waals surface area (Å²) < 4.78 is 58.5. The van der Waals surface area contributed by atoms with Crippen LogP contribution in [-0.4, -0.2) is 35.2 Å². The minimum absolute atomic E-state index is 0.0746. The van der Waals surface area contributed by atoms with Crippen LogP contribution in [0.15, 0.2) is 65.6 Å². The average Bonchev–Trinajstić information content (AvgIpc) is 2.80. The summed E-state index contributed by atoms with van der Waals surface area (Å²) in [4.78, 5) is 12.4. The second-order valence-corrected chi connectivity index (χ2v) is 8.38. The Morgan fingerprint density at radius 2 is 1.67 bits per heavy atom. The molecule has 3 rings (SSSR count). The average molecular weight is 475 g/mol. The third-order valence-corrected chi connectivity index (χ3v) is 5.94. The zero-order valence-corrected chi connectivity index (χ0v) is 19.0. The van der Waals surface area contributed by atoms with E-state index in [4.69, 9.17) is 14.2 Å². The maximum absolute atomic E-state index is 14.0. The number of nitrogens with one attached hydrogen (secondary N) is 2. The van der Waals surface area contributed by atoms with Crippen molar-refractivity contribution < 1.29 is 31.8 Å². The summed E-state index contributed by atoms with van der Waals surface area (Å²) in [7, 11) is -1.24. The van der Waals surface area contributed by atoms with Crippen molar-refractivity contribution in [3.05, 3.63) is 72.0 Å². The van der Waals surface area contributed by atoms with Crippen molar-refractivity contribution in [2.45, 2.75) is 11.8 Å². The molecule has 0 saturated heterocycles. The van der Waals surface area contributed by atoms with Gasteiger partial charge in [-0.15, -0.1) is 0 Å². The second-order valence-electron chi connectivity index (χ2n) is 6.70. The molecule has 0 unspecified atom stereocenters. The molecule has 1 amide bonds. The van der Waals surface area contributed by atoms with E-state index in [1.165, 1.54) is 56.7 Å². The van der Waals surface area contributed by atoms with E-state index in [-0.39, 0.29) is 34.2 Å². The molecule has 0 aliphatic heterocycles. The van der Waals surface area contributed by atoms with Crippen LogP contribution in [0.4, 0.5) is 15.8 Å². The second kappa shape index (κ2) is 10.2. The molecule has 0 aliphatic carbocycles. The van der Waals surface area contributed by atoms with Crippen molar-refractivity contribution in [3.8, 4) is 17.2 Å². The number of amides is 1. The summed E-state index contributed by atoms with van der Waals surface area (Å²) in [5.41, 5.74) is 0.0562. The number of methoxy groups -OCH3 is 2. The molecule has 3 aromatic carbocycles. The van der Waals surface area contributed by atoms with E-state index in [9.17, 15) is 17.6 Å². The number of anilines is 2. The van der Waals surface area contributed by atoms with Gasteiger partial charge in [0, 0.05) is 6.07 Å². The molecular formula is C23H23FN2O6S. The molecule has 0 fully saturated rings. The number of benzene rings is 3. The highest BCUT2D eigenvalue weighted by Crippen LogP contribution is 2.33. The Bertz CT molecular complexity index is 1260.